The molecule has 3 rings (SSSR count). The number of para-hydroxylation sites is 1. The van der Waals surface area contributed by atoms with Gasteiger partial charge in [0.2, 0.25) is 0 Å². The largest absolute Gasteiger partial charge is 0.374 e. The molecule has 0 fully saturated rings. The molecular formula is C15H15FN2. The number of anilines is 1. The number of rotatable bonds is 2. The average Bonchev–Trinajstić information content (AvgIpc) is 2.42. The van der Waals surface area contributed by atoms with E-state index in [0.717, 1.165) is 25.0 Å². The SMILES string of the molecule is Fc1ccccc1NC1CCCc2cccnc21. The van der Waals surface area contributed by atoms with Crippen molar-refractivity contribution in [3.05, 3.63) is 59.7 Å². The fourth-order valence-corrected chi connectivity index (χ4v) is 2.52. The number of benzene rings is 1. The van der Waals surface area contributed by atoms with Crippen molar-refractivity contribution in [1.82, 2.24) is 4.98 Å². The van der Waals surface area contributed by atoms with Crippen LogP contribution in [-0.4, -0.2) is 4.98 Å². The van der Waals surface area contributed by atoms with Crippen molar-refractivity contribution < 1.29 is 4.39 Å². The molecule has 0 spiro atoms. The van der Waals surface area contributed by atoms with Gasteiger partial charge in [-0.25, -0.2) is 4.39 Å². The van der Waals surface area contributed by atoms with E-state index in [0.29, 0.717) is 5.69 Å². The number of aryl methyl sites for hydroxylation is 1. The number of hydrogen-bond acceptors (Lipinski definition) is 2. The van der Waals surface area contributed by atoms with Crippen LogP contribution in [0.1, 0.15) is 30.1 Å². The first-order chi connectivity index (χ1) is 8.84. The molecule has 1 aromatic heterocycles. The predicted octanol–water partition coefficient (Wildman–Crippen LogP) is 3.71. The van der Waals surface area contributed by atoms with E-state index in [2.05, 4.69) is 16.4 Å². The van der Waals surface area contributed by atoms with Crippen LogP contribution in [-0.2, 0) is 6.42 Å². The monoisotopic (exact) mass is 242 g/mol. The number of fused-ring (bicyclic) bond motifs is 1. The average molecular weight is 242 g/mol. The Bertz CT molecular complexity index is 554. The van der Waals surface area contributed by atoms with Crippen molar-refractivity contribution >= 4 is 5.69 Å². The van der Waals surface area contributed by atoms with Gasteiger partial charge in [0, 0.05) is 6.20 Å². The number of pyridine rings is 1. The first-order valence-electron chi connectivity index (χ1n) is 6.29. The van der Waals surface area contributed by atoms with Gasteiger partial charge in [-0.2, -0.15) is 0 Å². The van der Waals surface area contributed by atoms with Crippen molar-refractivity contribution in [2.45, 2.75) is 25.3 Å². The quantitative estimate of drug-likeness (QED) is 0.868. The molecule has 0 saturated heterocycles. The van der Waals surface area contributed by atoms with Gasteiger partial charge in [-0.15, -0.1) is 0 Å². The molecular weight excluding hydrogens is 227 g/mol. The van der Waals surface area contributed by atoms with Crippen molar-refractivity contribution in [3.8, 4) is 0 Å². The van der Waals surface area contributed by atoms with E-state index in [1.165, 1.54) is 11.6 Å². The number of hydrogen-bond donors (Lipinski definition) is 1. The standard InChI is InChI=1S/C15H15FN2/c16-12-7-1-2-8-13(12)18-14-9-3-5-11-6-4-10-17-15(11)14/h1-2,4,6-8,10,14,18H,3,5,9H2. The molecule has 0 bridgehead atoms. The molecule has 0 saturated carbocycles. The molecule has 1 aliphatic rings. The molecule has 2 nitrogen and oxygen atoms in total. The van der Waals surface area contributed by atoms with Gasteiger partial charge in [0.15, 0.2) is 0 Å². The maximum absolute atomic E-state index is 13.6. The topological polar surface area (TPSA) is 24.9 Å². The summed E-state index contributed by atoms with van der Waals surface area (Å²) < 4.78 is 13.6. The van der Waals surface area contributed by atoms with Crippen molar-refractivity contribution in [1.29, 1.82) is 0 Å². The van der Waals surface area contributed by atoms with E-state index < -0.39 is 0 Å². The third kappa shape index (κ3) is 2.08. The van der Waals surface area contributed by atoms with E-state index in [1.807, 2.05) is 12.1 Å². The van der Waals surface area contributed by atoms with Gasteiger partial charge in [0.05, 0.1) is 17.4 Å². The highest BCUT2D eigenvalue weighted by Crippen LogP contribution is 2.31. The third-order valence-corrected chi connectivity index (χ3v) is 3.40. The highest BCUT2D eigenvalue weighted by atomic mass is 19.1. The Morgan fingerprint density at radius 2 is 2.06 bits per heavy atom. The molecule has 1 N–H and O–H groups in total. The van der Waals surface area contributed by atoms with Crippen LogP contribution in [0.4, 0.5) is 10.1 Å². The lowest BCUT2D eigenvalue weighted by Crippen LogP contribution is -2.19. The van der Waals surface area contributed by atoms with Crippen LogP contribution in [0.3, 0.4) is 0 Å². The van der Waals surface area contributed by atoms with Crippen molar-refractivity contribution in [2.24, 2.45) is 0 Å². The van der Waals surface area contributed by atoms with Crippen LogP contribution in [0.15, 0.2) is 42.6 Å². The Balaban J connectivity index is 1.89. The lowest BCUT2D eigenvalue weighted by atomic mass is 9.92. The smallest absolute Gasteiger partial charge is 0.146 e. The minimum Gasteiger partial charge on any atom is -0.374 e. The molecule has 1 heterocycles. The molecule has 92 valence electrons. The van der Waals surface area contributed by atoms with Crippen molar-refractivity contribution in [3.63, 3.8) is 0 Å². The fourth-order valence-electron chi connectivity index (χ4n) is 2.52. The van der Waals surface area contributed by atoms with Crippen LogP contribution in [0.2, 0.25) is 0 Å². The van der Waals surface area contributed by atoms with Crippen LogP contribution < -0.4 is 5.32 Å². The van der Waals surface area contributed by atoms with Gasteiger partial charge < -0.3 is 5.32 Å². The summed E-state index contributed by atoms with van der Waals surface area (Å²) in [6.45, 7) is 0. The summed E-state index contributed by atoms with van der Waals surface area (Å²) in [5.41, 5.74) is 2.89. The second kappa shape index (κ2) is 4.77. The molecule has 0 amide bonds. The second-order valence-electron chi connectivity index (χ2n) is 4.62. The Labute approximate surface area is 106 Å². The molecule has 3 heteroatoms. The molecule has 1 aliphatic carbocycles. The summed E-state index contributed by atoms with van der Waals surface area (Å²) in [7, 11) is 0. The number of nitrogens with zero attached hydrogens (tertiary/aromatic N) is 1. The molecule has 1 unspecified atom stereocenters. The first kappa shape index (κ1) is 11.2. The van der Waals surface area contributed by atoms with E-state index in [4.69, 9.17) is 0 Å². The summed E-state index contributed by atoms with van der Waals surface area (Å²) in [6.07, 6.45) is 4.99. The zero-order chi connectivity index (χ0) is 12.4. The van der Waals surface area contributed by atoms with E-state index in [1.54, 1.807) is 18.3 Å². The van der Waals surface area contributed by atoms with Crippen LogP contribution in [0, 0.1) is 5.82 Å². The Kier molecular flexibility index (Phi) is 2.97. The zero-order valence-corrected chi connectivity index (χ0v) is 10.1. The molecule has 1 aromatic carbocycles. The molecule has 18 heavy (non-hydrogen) atoms. The summed E-state index contributed by atoms with van der Waals surface area (Å²) in [4.78, 5) is 4.44. The maximum Gasteiger partial charge on any atom is 0.146 e. The van der Waals surface area contributed by atoms with Crippen LogP contribution in [0.25, 0.3) is 0 Å². The van der Waals surface area contributed by atoms with E-state index >= 15 is 0 Å². The second-order valence-corrected chi connectivity index (χ2v) is 4.62. The highest BCUT2D eigenvalue weighted by molar-refractivity contribution is 5.47. The minimum absolute atomic E-state index is 0.117. The first-order valence-corrected chi connectivity index (χ1v) is 6.29. The zero-order valence-electron chi connectivity index (χ0n) is 10.1. The Hall–Kier alpha value is -1.90. The minimum atomic E-state index is -0.208. The fraction of sp³-hybridized carbons (Fsp3) is 0.267. The van der Waals surface area contributed by atoms with Crippen LogP contribution in [0.5, 0.6) is 0 Å². The van der Waals surface area contributed by atoms with Crippen molar-refractivity contribution in [2.75, 3.05) is 5.32 Å². The third-order valence-electron chi connectivity index (χ3n) is 3.40. The molecule has 2 aromatic rings. The Morgan fingerprint density at radius 1 is 1.17 bits per heavy atom. The lowest BCUT2D eigenvalue weighted by Gasteiger charge is -2.26. The predicted molar refractivity (Wildman–Crippen MR) is 69.9 cm³/mol. The summed E-state index contributed by atoms with van der Waals surface area (Å²) in [6, 6.07) is 11.0. The van der Waals surface area contributed by atoms with Gasteiger partial charge in [-0.3, -0.25) is 4.98 Å². The summed E-state index contributed by atoms with van der Waals surface area (Å²) in [5, 5.41) is 3.27. The number of halogens is 1. The highest BCUT2D eigenvalue weighted by Gasteiger charge is 2.21. The van der Waals surface area contributed by atoms with Gasteiger partial charge in [-0.05, 0) is 43.0 Å². The maximum atomic E-state index is 13.6. The van der Waals surface area contributed by atoms with E-state index in [-0.39, 0.29) is 11.9 Å². The molecule has 0 radical (unpaired) electrons. The van der Waals surface area contributed by atoms with Gasteiger partial charge >= 0.3 is 0 Å². The normalized spacial score (nSPS) is 18.2. The van der Waals surface area contributed by atoms with Crippen LogP contribution >= 0.6 is 0 Å². The molecule has 0 aliphatic heterocycles. The summed E-state index contributed by atoms with van der Waals surface area (Å²) in [5.74, 6) is -0.208. The van der Waals surface area contributed by atoms with Gasteiger partial charge in [0.25, 0.3) is 0 Å². The van der Waals surface area contributed by atoms with E-state index in [9.17, 15) is 4.39 Å². The molecule has 1 atom stereocenters. The van der Waals surface area contributed by atoms with Gasteiger partial charge in [-0.1, -0.05) is 18.2 Å². The lowest BCUT2D eigenvalue weighted by molar-refractivity contribution is 0.573. The summed E-state index contributed by atoms with van der Waals surface area (Å²) >= 11 is 0. The number of nitrogens with one attached hydrogen (secondary N) is 1. The van der Waals surface area contributed by atoms with Gasteiger partial charge in [0.1, 0.15) is 5.82 Å². The Morgan fingerprint density at radius 3 is 2.94 bits per heavy atom. The number of aromatic nitrogens is 1.